The Hall–Kier alpha value is -0.521. The van der Waals surface area contributed by atoms with Gasteiger partial charge in [-0.3, -0.25) is 0 Å². The third-order valence-corrected chi connectivity index (χ3v) is 21.6. The van der Waals surface area contributed by atoms with Crippen LogP contribution in [0.1, 0.15) is 79.6 Å². The van der Waals surface area contributed by atoms with Crippen molar-refractivity contribution in [2.24, 2.45) is 0 Å². The molecule has 1 heterocycles. The van der Waals surface area contributed by atoms with Crippen LogP contribution in [0.5, 0.6) is 0 Å². The van der Waals surface area contributed by atoms with E-state index < -0.39 is 18.4 Å². The molecule has 0 unspecified atom stereocenters. The number of fused-ring (bicyclic) bond motifs is 1. The van der Waals surface area contributed by atoms with Crippen LogP contribution in [0.3, 0.4) is 0 Å². The minimum absolute atomic E-state index is 0.305. The van der Waals surface area contributed by atoms with Gasteiger partial charge in [-0.2, -0.15) is 0 Å². The van der Waals surface area contributed by atoms with E-state index in [-0.39, 0.29) is 6.41 Å². The zero-order valence-electron chi connectivity index (χ0n) is 19.5. The number of benzene rings is 1. The van der Waals surface area contributed by atoms with Gasteiger partial charge in [0.25, 0.3) is 0 Å². The normalized spacial score (nSPS) is 12.3. The fourth-order valence-electron chi connectivity index (χ4n) is 4.60. The van der Waals surface area contributed by atoms with E-state index >= 15 is 0 Å². The zero-order chi connectivity index (χ0) is 21.1. The molecule has 0 radical (unpaired) electrons. The van der Waals surface area contributed by atoms with Crippen LogP contribution in [0.2, 0.25) is 13.3 Å². The number of aromatic nitrogens is 1. The average Bonchev–Trinajstić information content (AvgIpc) is 3.13. The summed E-state index contributed by atoms with van der Waals surface area (Å²) in [5.41, 5.74) is 1.28. The summed E-state index contributed by atoms with van der Waals surface area (Å²) in [4.78, 5) is 0. The van der Waals surface area contributed by atoms with E-state index in [0.717, 1.165) is 0 Å². The molecule has 1 aromatic heterocycles. The van der Waals surface area contributed by atoms with Crippen molar-refractivity contribution in [3.63, 3.8) is 0 Å². The van der Waals surface area contributed by atoms with Crippen LogP contribution in [0.15, 0.2) is 30.3 Å². The van der Waals surface area contributed by atoms with Crippen molar-refractivity contribution in [2.75, 3.05) is 13.2 Å². The molecule has 0 atom stereocenters. The van der Waals surface area contributed by atoms with Crippen LogP contribution < -0.4 is 3.71 Å². The van der Waals surface area contributed by atoms with Crippen molar-refractivity contribution in [3.05, 3.63) is 30.3 Å². The molecular weight excluding hydrogens is 465 g/mol. The van der Waals surface area contributed by atoms with Gasteiger partial charge in [0.15, 0.2) is 0 Å². The number of hydrogen-bond donors (Lipinski definition) is 0. The van der Waals surface area contributed by atoms with Crippen LogP contribution in [0.25, 0.3) is 10.9 Å². The van der Waals surface area contributed by atoms with E-state index in [1.165, 1.54) is 62.7 Å². The molecule has 29 heavy (non-hydrogen) atoms. The summed E-state index contributed by atoms with van der Waals surface area (Å²) >= 11 is -2.64. The molecule has 0 spiro atoms. The molecule has 2 rings (SSSR count). The average molecular weight is 508 g/mol. The van der Waals surface area contributed by atoms with E-state index in [9.17, 15) is 0 Å². The van der Waals surface area contributed by atoms with E-state index in [1.807, 2.05) is 0 Å². The Bertz CT molecular complexity index is 684. The van der Waals surface area contributed by atoms with Gasteiger partial charge < -0.3 is 0 Å². The van der Waals surface area contributed by atoms with Gasteiger partial charge in [0, 0.05) is 0 Å². The predicted octanol–water partition coefficient (Wildman–Crippen LogP) is 7.23. The summed E-state index contributed by atoms with van der Waals surface area (Å²) in [5.74, 6) is 0. The molecule has 0 fully saturated rings. The van der Waals surface area contributed by atoms with Crippen LogP contribution in [0, 0.1) is 0 Å². The summed E-state index contributed by atoms with van der Waals surface area (Å²) in [6.45, 7) is 12.5. The van der Waals surface area contributed by atoms with Crippen molar-refractivity contribution in [3.8, 4) is 0 Å². The molecule has 1 aromatic carbocycles. The van der Waals surface area contributed by atoms with Gasteiger partial charge in [0.05, 0.1) is 0 Å². The topological polar surface area (TPSA) is 23.4 Å². The van der Waals surface area contributed by atoms with Crippen LogP contribution in [-0.4, -0.2) is 36.2 Å². The summed E-state index contributed by atoms with van der Waals surface area (Å²) in [6.07, 6.45) is 7.64. The number of nitrogens with zero attached hydrogens (tertiary/aromatic N) is 1. The third-order valence-electron chi connectivity index (χ3n) is 6.15. The molecule has 0 saturated heterocycles. The second-order valence-electron chi connectivity index (χ2n) is 8.27. The Balaban J connectivity index is 2.68. The summed E-state index contributed by atoms with van der Waals surface area (Å²) < 4.78 is 20.8. The number of ether oxygens (including phenoxy) is 2. The summed E-state index contributed by atoms with van der Waals surface area (Å²) in [5, 5.41) is 1.34. The van der Waals surface area contributed by atoms with Crippen molar-refractivity contribution >= 4 is 33.0 Å². The molecule has 0 aliphatic rings. The van der Waals surface area contributed by atoms with Crippen molar-refractivity contribution < 1.29 is 9.47 Å². The van der Waals surface area contributed by atoms with Gasteiger partial charge in [0.2, 0.25) is 0 Å². The number of rotatable bonds is 15. The maximum atomic E-state index is 6.16. The minimum atomic E-state index is -2.64. The molecule has 0 aliphatic carbocycles. The van der Waals surface area contributed by atoms with Gasteiger partial charge in [-0.05, 0) is 0 Å². The Morgan fingerprint density at radius 1 is 0.793 bits per heavy atom. The van der Waals surface area contributed by atoms with Crippen molar-refractivity contribution in [2.45, 2.75) is 92.9 Å². The fourth-order valence-corrected chi connectivity index (χ4v) is 21.2. The molecule has 0 amide bonds. The molecular formula is C25H43NO2Sn. The number of unbranched alkanes of at least 4 members (excludes halogenated alkanes) is 3. The van der Waals surface area contributed by atoms with Gasteiger partial charge >= 0.3 is 183 Å². The van der Waals surface area contributed by atoms with Gasteiger partial charge in [-0.15, -0.1) is 0 Å². The first kappa shape index (κ1) is 24.7. The van der Waals surface area contributed by atoms with Crippen LogP contribution in [0.4, 0.5) is 0 Å². The van der Waals surface area contributed by atoms with E-state index in [1.54, 1.807) is 3.71 Å². The Labute approximate surface area is 183 Å². The zero-order valence-corrected chi connectivity index (χ0v) is 22.4. The first-order valence-corrected chi connectivity index (χ1v) is 19.5. The van der Waals surface area contributed by atoms with Crippen molar-refractivity contribution in [1.82, 2.24) is 4.57 Å². The molecule has 2 aromatic rings. The number of hydrogen-bond acceptors (Lipinski definition) is 2. The summed E-state index contributed by atoms with van der Waals surface area (Å²) in [6, 6.07) is 11.4. The monoisotopic (exact) mass is 509 g/mol. The quantitative estimate of drug-likeness (QED) is 0.187. The predicted molar refractivity (Wildman–Crippen MR) is 129 cm³/mol. The standard InChI is InChI=1S/C13H16NO2.3C4H9.Sn/c1-3-15-13(16-4-2)14-10-9-11-7-5-6-8-12(11)14;3*1-3-4-2;/h5-9,13H,3-4H2,1-2H3;3*1,3-4H2,2H3;. The molecule has 0 N–H and O–H groups in total. The Morgan fingerprint density at radius 3 is 1.79 bits per heavy atom. The Kier molecular flexibility index (Phi) is 11.1. The molecule has 0 aliphatic heterocycles. The van der Waals surface area contributed by atoms with E-state index in [0.29, 0.717) is 13.2 Å². The van der Waals surface area contributed by atoms with Gasteiger partial charge in [0.1, 0.15) is 0 Å². The van der Waals surface area contributed by atoms with Crippen molar-refractivity contribution in [1.29, 1.82) is 0 Å². The van der Waals surface area contributed by atoms with E-state index in [2.05, 4.69) is 69.5 Å². The molecule has 3 nitrogen and oxygen atoms in total. The maximum absolute atomic E-state index is 6.16. The molecule has 0 bridgehead atoms. The fraction of sp³-hybridized carbons (Fsp3) is 0.680. The van der Waals surface area contributed by atoms with Crippen LogP contribution >= 0.6 is 0 Å². The van der Waals surface area contributed by atoms with Gasteiger partial charge in [-0.1, -0.05) is 0 Å². The van der Waals surface area contributed by atoms with E-state index in [4.69, 9.17) is 9.47 Å². The van der Waals surface area contributed by atoms with Crippen LogP contribution in [-0.2, 0) is 9.47 Å². The Morgan fingerprint density at radius 2 is 1.31 bits per heavy atom. The SMILES string of the molecule is CCC[CH2][Sn]([CH2]CCC)([CH2]CCC)[c]1cc2ccccc2n1C(OCC)OCC. The first-order chi connectivity index (χ1) is 14.2. The molecule has 4 heteroatoms. The number of para-hydroxylation sites is 1. The second-order valence-corrected chi connectivity index (χ2v) is 21.3. The molecule has 164 valence electrons. The first-order valence-electron chi connectivity index (χ1n) is 12.0. The molecule has 0 saturated carbocycles. The third kappa shape index (κ3) is 6.24. The second kappa shape index (κ2) is 13.0. The summed E-state index contributed by atoms with van der Waals surface area (Å²) in [7, 11) is 0. The van der Waals surface area contributed by atoms with Gasteiger partial charge in [-0.25, -0.2) is 0 Å².